The summed E-state index contributed by atoms with van der Waals surface area (Å²) >= 11 is 0. The molecule has 152 valence electrons. The van der Waals surface area contributed by atoms with Crippen molar-refractivity contribution in [2.45, 2.75) is 18.9 Å². The highest BCUT2D eigenvalue weighted by Crippen LogP contribution is 2.27. The molecule has 7 heteroatoms. The minimum atomic E-state index is -0.455. The molecule has 0 aliphatic carbocycles. The predicted molar refractivity (Wildman–Crippen MR) is 112 cm³/mol. The van der Waals surface area contributed by atoms with Crippen LogP contribution < -0.4 is 10.1 Å². The number of likely N-dealkylation sites (tertiary alicyclic amines) is 1. The van der Waals surface area contributed by atoms with E-state index in [4.69, 9.17) is 4.74 Å². The second-order valence-corrected chi connectivity index (χ2v) is 6.93. The first kappa shape index (κ1) is 20.5. The van der Waals surface area contributed by atoms with E-state index in [1.807, 2.05) is 24.3 Å². The number of methoxy groups -OCH3 is 1. The molecule has 2 aromatic rings. The molecule has 29 heavy (non-hydrogen) atoms. The quantitative estimate of drug-likeness (QED) is 0.420. The van der Waals surface area contributed by atoms with E-state index in [-0.39, 0.29) is 17.6 Å². The van der Waals surface area contributed by atoms with E-state index in [0.717, 1.165) is 37.2 Å². The Morgan fingerprint density at radius 2 is 2.00 bits per heavy atom. The lowest BCUT2D eigenvalue weighted by molar-refractivity contribution is -0.385. The molecular formula is C22H25N3O4. The number of para-hydroxylation sites is 1. The highest BCUT2D eigenvalue weighted by atomic mass is 16.6. The Bertz CT molecular complexity index is 891. The molecule has 3 rings (SSSR count). The molecular weight excluding hydrogens is 370 g/mol. The third kappa shape index (κ3) is 5.42. The number of rotatable bonds is 8. The maximum absolute atomic E-state index is 12.4. The van der Waals surface area contributed by atoms with Crippen molar-refractivity contribution in [1.29, 1.82) is 0 Å². The number of carbonyl (C=O) groups is 1. The summed E-state index contributed by atoms with van der Waals surface area (Å²) in [6.45, 7) is 2.43. The van der Waals surface area contributed by atoms with Gasteiger partial charge in [-0.3, -0.25) is 19.8 Å². The molecule has 1 N–H and O–H groups in total. The molecule has 0 spiro atoms. The number of amides is 1. The first-order valence-corrected chi connectivity index (χ1v) is 9.66. The first-order valence-electron chi connectivity index (χ1n) is 9.66. The predicted octanol–water partition coefficient (Wildman–Crippen LogP) is 3.57. The summed E-state index contributed by atoms with van der Waals surface area (Å²) < 4.78 is 5.34. The van der Waals surface area contributed by atoms with Crippen LogP contribution >= 0.6 is 0 Å². The van der Waals surface area contributed by atoms with Gasteiger partial charge in [0.2, 0.25) is 5.91 Å². The summed E-state index contributed by atoms with van der Waals surface area (Å²) in [7, 11) is 1.64. The minimum absolute atomic E-state index is 0.0251. The number of benzene rings is 2. The molecule has 0 saturated carbocycles. The van der Waals surface area contributed by atoms with Crippen LogP contribution in [0.4, 0.5) is 5.69 Å². The Kier molecular flexibility index (Phi) is 6.97. The summed E-state index contributed by atoms with van der Waals surface area (Å²) in [6, 6.07) is 14.3. The van der Waals surface area contributed by atoms with E-state index in [1.165, 1.54) is 18.2 Å². The number of nitrogens with one attached hydrogen (secondary N) is 1. The van der Waals surface area contributed by atoms with Gasteiger partial charge in [0.15, 0.2) is 0 Å². The van der Waals surface area contributed by atoms with Crippen molar-refractivity contribution in [2.24, 2.45) is 0 Å². The van der Waals surface area contributed by atoms with Crippen LogP contribution in [0.25, 0.3) is 6.08 Å². The third-order valence-corrected chi connectivity index (χ3v) is 5.08. The third-order valence-electron chi connectivity index (χ3n) is 5.08. The van der Waals surface area contributed by atoms with Gasteiger partial charge in [0.05, 0.1) is 23.6 Å². The number of nitro groups is 1. The lowest BCUT2D eigenvalue weighted by Gasteiger charge is -2.28. The van der Waals surface area contributed by atoms with Crippen LogP contribution in [0.1, 0.15) is 30.0 Å². The molecule has 0 aromatic heterocycles. The van der Waals surface area contributed by atoms with Crippen LogP contribution in [0.2, 0.25) is 0 Å². The fourth-order valence-corrected chi connectivity index (χ4v) is 3.58. The SMILES string of the molecule is COc1cccc(C(CNC(=O)/C=C/c2ccccc2[N+](=O)[O-])N2CCCC2)c1. The van der Waals surface area contributed by atoms with Crippen LogP contribution in [0, 0.1) is 10.1 Å². The molecule has 1 saturated heterocycles. The fraction of sp³-hybridized carbons (Fsp3) is 0.318. The van der Waals surface area contributed by atoms with Crippen LogP contribution in [0.3, 0.4) is 0 Å². The molecule has 0 bridgehead atoms. The van der Waals surface area contributed by atoms with Crippen molar-refractivity contribution in [3.05, 3.63) is 75.8 Å². The zero-order chi connectivity index (χ0) is 20.6. The monoisotopic (exact) mass is 395 g/mol. The smallest absolute Gasteiger partial charge is 0.276 e. The molecule has 1 aliphatic heterocycles. The number of nitro benzene ring substituents is 1. The zero-order valence-corrected chi connectivity index (χ0v) is 16.4. The van der Waals surface area contributed by atoms with E-state index >= 15 is 0 Å². The first-order chi connectivity index (χ1) is 14.1. The lowest BCUT2D eigenvalue weighted by atomic mass is 10.0. The van der Waals surface area contributed by atoms with Gasteiger partial charge in [-0.15, -0.1) is 0 Å². The molecule has 1 amide bonds. The van der Waals surface area contributed by atoms with Crippen LogP contribution in [-0.4, -0.2) is 42.5 Å². The number of ether oxygens (including phenoxy) is 1. The molecule has 1 fully saturated rings. The maximum Gasteiger partial charge on any atom is 0.276 e. The van der Waals surface area contributed by atoms with E-state index in [0.29, 0.717) is 12.1 Å². The minimum Gasteiger partial charge on any atom is -0.497 e. The molecule has 1 heterocycles. The number of hydrogen-bond acceptors (Lipinski definition) is 5. The summed E-state index contributed by atoms with van der Waals surface area (Å²) in [6.07, 6.45) is 5.11. The lowest BCUT2D eigenvalue weighted by Crippen LogP contribution is -2.36. The molecule has 1 unspecified atom stereocenters. The maximum atomic E-state index is 12.4. The topological polar surface area (TPSA) is 84.7 Å². The van der Waals surface area contributed by atoms with Crippen LogP contribution in [0.5, 0.6) is 5.75 Å². The molecule has 2 aromatic carbocycles. The number of nitrogens with zero attached hydrogens (tertiary/aromatic N) is 2. The van der Waals surface area contributed by atoms with Crippen molar-refractivity contribution in [3.63, 3.8) is 0 Å². The van der Waals surface area contributed by atoms with Gasteiger partial charge < -0.3 is 10.1 Å². The van der Waals surface area contributed by atoms with Gasteiger partial charge in [-0.2, -0.15) is 0 Å². The largest absolute Gasteiger partial charge is 0.497 e. The molecule has 1 aliphatic rings. The van der Waals surface area contributed by atoms with Crippen LogP contribution in [0.15, 0.2) is 54.6 Å². The Balaban J connectivity index is 1.69. The van der Waals surface area contributed by atoms with E-state index < -0.39 is 4.92 Å². The van der Waals surface area contributed by atoms with Gasteiger partial charge >= 0.3 is 0 Å². The van der Waals surface area contributed by atoms with Gasteiger partial charge in [-0.25, -0.2) is 0 Å². The van der Waals surface area contributed by atoms with E-state index in [9.17, 15) is 14.9 Å². The highest BCUT2D eigenvalue weighted by Gasteiger charge is 2.24. The summed E-state index contributed by atoms with van der Waals surface area (Å²) in [5.41, 5.74) is 1.47. The summed E-state index contributed by atoms with van der Waals surface area (Å²) in [5.74, 6) is 0.504. The Morgan fingerprint density at radius 3 is 2.72 bits per heavy atom. The average molecular weight is 395 g/mol. The van der Waals surface area contributed by atoms with E-state index in [1.54, 1.807) is 25.3 Å². The van der Waals surface area contributed by atoms with Gasteiger partial charge in [0.1, 0.15) is 5.75 Å². The van der Waals surface area contributed by atoms with Crippen molar-refractivity contribution in [2.75, 3.05) is 26.7 Å². The fourth-order valence-electron chi connectivity index (χ4n) is 3.58. The second-order valence-electron chi connectivity index (χ2n) is 6.93. The van der Waals surface area contributed by atoms with Gasteiger partial charge in [0.25, 0.3) is 5.69 Å². The van der Waals surface area contributed by atoms with Crippen molar-refractivity contribution in [1.82, 2.24) is 10.2 Å². The normalized spacial score (nSPS) is 15.3. The van der Waals surface area contributed by atoms with Crippen molar-refractivity contribution >= 4 is 17.7 Å². The zero-order valence-electron chi connectivity index (χ0n) is 16.4. The number of carbonyl (C=O) groups excluding carboxylic acids is 1. The summed E-state index contributed by atoms with van der Waals surface area (Å²) in [5, 5.41) is 14.0. The second kappa shape index (κ2) is 9.84. The van der Waals surface area contributed by atoms with Crippen molar-refractivity contribution < 1.29 is 14.5 Å². The van der Waals surface area contributed by atoms with Crippen molar-refractivity contribution in [3.8, 4) is 5.75 Å². The van der Waals surface area contributed by atoms with Crippen LogP contribution in [-0.2, 0) is 4.79 Å². The van der Waals surface area contributed by atoms with Gasteiger partial charge in [-0.05, 0) is 55.8 Å². The summed E-state index contributed by atoms with van der Waals surface area (Å²) in [4.78, 5) is 25.4. The number of hydrogen-bond donors (Lipinski definition) is 1. The van der Waals surface area contributed by atoms with E-state index in [2.05, 4.69) is 10.2 Å². The highest BCUT2D eigenvalue weighted by molar-refractivity contribution is 5.92. The van der Waals surface area contributed by atoms with Gasteiger partial charge in [-0.1, -0.05) is 24.3 Å². The van der Waals surface area contributed by atoms with Gasteiger partial charge in [0, 0.05) is 18.7 Å². The average Bonchev–Trinajstić information content (AvgIpc) is 3.27. The Labute approximate surface area is 170 Å². The molecule has 1 atom stereocenters. The molecule has 0 radical (unpaired) electrons. The Morgan fingerprint density at radius 1 is 1.24 bits per heavy atom. The Hall–Kier alpha value is -3.19. The molecule has 7 nitrogen and oxygen atoms in total. The standard InChI is InChI=1S/C22H25N3O4/c1-29-19-9-6-8-18(15-19)21(24-13-4-5-14-24)16-23-22(26)12-11-17-7-2-3-10-20(17)25(27)28/h2-3,6-12,15,21H,4-5,13-14,16H2,1H3,(H,23,26)/b12-11+.